The maximum absolute atomic E-state index is 10.7. The van der Waals surface area contributed by atoms with Crippen molar-refractivity contribution < 1.29 is 9.59 Å². The van der Waals surface area contributed by atoms with Crippen molar-refractivity contribution in [3.05, 3.63) is 30.3 Å². The van der Waals surface area contributed by atoms with E-state index >= 15 is 0 Å². The van der Waals surface area contributed by atoms with Gasteiger partial charge in [0.05, 0.1) is 26.7 Å². The molecule has 3 heteroatoms. The van der Waals surface area contributed by atoms with Gasteiger partial charge in [-0.1, -0.05) is 67.6 Å². The van der Waals surface area contributed by atoms with E-state index in [0.717, 1.165) is 5.54 Å². The summed E-state index contributed by atoms with van der Waals surface area (Å²) in [7, 11) is 0.628. The summed E-state index contributed by atoms with van der Waals surface area (Å²) in [4.78, 5) is 0. The average molecular weight is 361 g/mol. The molecule has 1 saturated heterocycles. The first-order chi connectivity index (χ1) is 12.2. The molecular weight excluding hydrogens is 322 g/mol. The van der Waals surface area contributed by atoms with Gasteiger partial charge < -0.3 is 9.59 Å². The summed E-state index contributed by atoms with van der Waals surface area (Å²) < 4.78 is 1.24. The van der Waals surface area contributed by atoms with Crippen LogP contribution in [-0.4, -0.2) is 50.6 Å². The third-order valence-electron chi connectivity index (χ3n) is 7.26. The highest BCUT2D eigenvalue weighted by Crippen LogP contribution is 2.39. The first-order valence-electron chi connectivity index (χ1n) is 10.7. The molecule has 0 radical (unpaired) electrons. The van der Waals surface area contributed by atoms with Crippen molar-refractivity contribution in [2.45, 2.75) is 69.4 Å². The highest BCUT2D eigenvalue weighted by Gasteiger charge is 2.44. The molecule has 1 heterocycles. The summed E-state index contributed by atoms with van der Waals surface area (Å²) in [5.41, 5.74) is 0.784. The Balaban J connectivity index is 1.82. The molecule has 3 rings (SSSR count). The summed E-state index contributed by atoms with van der Waals surface area (Å²) in [5, 5.41) is 12.2. The average Bonchev–Trinajstić information content (AvgIpc) is 2.89. The molecule has 0 aromatic heterocycles. The second-order valence-electron chi connectivity index (χ2n) is 8.97. The highest BCUT2D eigenvalue weighted by molar-refractivity contribution is 6.93. The van der Waals surface area contributed by atoms with Crippen molar-refractivity contribution in [1.82, 2.24) is 0 Å². The molecule has 1 aromatic rings. The maximum atomic E-state index is 10.7. The molecule has 0 spiro atoms. The summed E-state index contributed by atoms with van der Waals surface area (Å²) in [6, 6.07) is 12.5. The van der Waals surface area contributed by atoms with Gasteiger partial charge in [0.1, 0.15) is 8.07 Å². The van der Waals surface area contributed by atoms with Crippen molar-refractivity contribution in [2.24, 2.45) is 0 Å². The predicted molar refractivity (Wildman–Crippen MR) is 110 cm³/mol. The van der Waals surface area contributed by atoms with Crippen LogP contribution in [0, 0.1) is 0 Å². The number of hydrogen-bond donors (Lipinski definition) is 1. The number of aliphatic hydroxyl groups excluding tert-OH is 1. The van der Waals surface area contributed by atoms with Gasteiger partial charge in [-0.05, 0) is 37.3 Å². The van der Waals surface area contributed by atoms with Crippen molar-refractivity contribution >= 4 is 13.3 Å². The lowest BCUT2D eigenvalue weighted by molar-refractivity contribution is -0.907. The van der Waals surface area contributed by atoms with Crippen molar-refractivity contribution in [3.63, 3.8) is 0 Å². The third kappa shape index (κ3) is 4.56. The number of benzene rings is 1. The van der Waals surface area contributed by atoms with Gasteiger partial charge in [0.15, 0.2) is 0 Å². The predicted octanol–water partition coefficient (Wildman–Crippen LogP) is 4.23. The van der Waals surface area contributed by atoms with Crippen LogP contribution >= 0.6 is 0 Å². The number of aliphatic hydroxyl groups is 1. The number of quaternary nitrogens is 1. The number of nitrogens with zero attached hydrogens (tertiary/aromatic N) is 1. The van der Waals surface area contributed by atoms with Crippen LogP contribution in [-0.2, 0) is 0 Å². The van der Waals surface area contributed by atoms with Gasteiger partial charge >= 0.3 is 0 Å². The molecule has 1 atom stereocenters. The summed E-state index contributed by atoms with van der Waals surface area (Å²) >= 11 is 0. The number of likely N-dealkylation sites (tertiary alicyclic amines) is 1. The Kier molecular flexibility index (Phi) is 6.76. The molecule has 2 fully saturated rings. The van der Waals surface area contributed by atoms with Gasteiger partial charge in [0, 0.05) is 6.23 Å². The van der Waals surface area contributed by atoms with Gasteiger partial charge in [-0.3, -0.25) is 0 Å². The minimum Gasteiger partial charge on any atom is -0.399 e. The van der Waals surface area contributed by atoms with E-state index < -0.39 is 8.07 Å². The van der Waals surface area contributed by atoms with Crippen LogP contribution in [0.25, 0.3) is 0 Å². The second kappa shape index (κ2) is 8.83. The van der Waals surface area contributed by atoms with Crippen LogP contribution in [0.3, 0.4) is 0 Å². The Morgan fingerprint density at radius 1 is 0.920 bits per heavy atom. The Labute approximate surface area is 155 Å². The van der Waals surface area contributed by atoms with Crippen LogP contribution in [0.1, 0.15) is 57.8 Å². The smallest absolute Gasteiger partial charge is 0.123 e. The highest BCUT2D eigenvalue weighted by atomic mass is 28.3. The molecule has 1 aliphatic heterocycles. The lowest BCUT2D eigenvalue weighted by Gasteiger charge is -2.43. The fourth-order valence-corrected chi connectivity index (χ4v) is 10.5. The molecule has 1 N–H and O–H groups in total. The van der Waals surface area contributed by atoms with Crippen LogP contribution < -0.4 is 5.19 Å². The summed E-state index contributed by atoms with van der Waals surface area (Å²) in [6.07, 6.45) is 12.9. The van der Waals surface area contributed by atoms with Crippen molar-refractivity contribution in [3.8, 4) is 0 Å². The zero-order valence-electron chi connectivity index (χ0n) is 16.3. The summed E-state index contributed by atoms with van der Waals surface area (Å²) in [6.45, 7) is 3.96. The number of hydrogen-bond acceptors (Lipinski definition) is 1. The molecule has 140 valence electrons. The Morgan fingerprint density at radius 2 is 1.52 bits per heavy atom. The topological polar surface area (TPSA) is 20.2 Å². The van der Waals surface area contributed by atoms with E-state index in [1.54, 1.807) is 0 Å². The SMILES string of the molecule is C[N+]1(CC[Si@](CO)(c2ccccc2)C2CCCCC2)CCCCCC1. The van der Waals surface area contributed by atoms with E-state index in [-0.39, 0.29) is 0 Å². The molecule has 1 aromatic carbocycles. The van der Waals surface area contributed by atoms with Crippen LogP contribution in [0.5, 0.6) is 0 Å². The molecule has 0 unspecified atom stereocenters. The van der Waals surface area contributed by atoms with Crippen molar-refractivity contribution in [2.75, 3.05) is 32.9 Å². The van der Waals surface area contributed by atoms with E-state index in [9.17, 15) is 5.11 Å². The fraction of sp³-hybridized carbons (Fsp3) is 0.727. The van der Waals surface area contributed by atoms with Crippen molar-refractivity contribution in [1.29, 1.82) is 0 Å². The molecule has 2 nitrogen and oxygen atoms in total. The second-order valence-corrected chi connectivity index (χ2v) is 13.5. The molecule has 0 amide bonds. The Morgan fingerprint density at radius 3 is 2.12 bits per heavy atom. The molecule has 1 aliphatic carbocycles. The monoisotopic (exact) mass is 360 g/mol. The lowest BCUT2D eigenvalue weighted by Crippen LogP contribution is -2.59. The Hall–Kier alpha value is -0.643. The minimum atomic E-state index is -1.85. The molecule has 0 bridgehead atoms. The molecular formula is C22H38NOSi+. The van der Waals surface area contributed by atoms with Crippen LogP contribution in [0.2, 0.25) is 11.6 Å². The largest absolute Gasteiger partial charge is 0.399 e. The zero-order valence-corrected chi connectivity index (χ0v) is 17.3. The van der Waals surface area contributed by atoms with Gasteiger partial charge in [-0.2, -0.15) is 0 Å². The first-order valence-corrected chi connectivity index (χ1v) is 13.2. The summed E-state index contributed by atoms with van der Waals surface area (Å²) in [5.74, 6) is 0. The normalized spacial score (nSPS) is 24.4. The van der Waals surface area contributed by atoms with Gasteiger partial charge in [-0.25, -0.2) is 0 Å². The minimum absolute atomic E-state index is 0.446. The van der Waals surface area contributed by atoms with Crippen LogP contribution in [0.4, 0.5) is 0 Å². The van der Waals surface area contributed by atoms with E-state index in [4.69, 9.17) is 0 Å². The van der Waals surface area contributed by atoms with E-state index in [0.29, 0.717) is 6.23 Å². The lowest BCUT2D eigenvalue weighted by atomic mass is 10.0. The zero-order chi connectivity index (χ0) is 17.6. The third-order valence-corrected chi connectivity index (χ3v) is 12.6. The van der Waals surface area contributed by atoms with E-state index in [1.807, 2.05) is 0 Å². The quantitative estimate of drug-likeness (QED) is 0.594. The number of rotatable bonds is 6. The molecule has 25 heavy (non-hydrogen) atoms. The maximum Gasteiger partial charge on any atom is 0.123 e. The van der Waals surface area contributed by atoms with E-state index in [1.165, 1.54) is 93.1 Å². The first kappa shape index (κ1) is 19.1. The fourth-order valence-electron chi connectivity index (χ4n) is 5.45. The standard InChI is InChI=1S/C22H38NOSi/c1-23(16-10-2-3-11-17-23)18-19-25(20-24,21-12-6-4-7-13-21)22-14-8-5-9-15-22/h4,6-7,12-13,22,24H,2-3,5,8-11,14-20H2,1H3/q+1/t25-/m0/s1. The van der Waals surface area contributed by atoms with Gasteiger partial charge in [0.25, 0.3) is 0 Å². The van der Waals surface area contributed by atoms with Gasteiger partial charge in [0.2, 0.25) is 0 Å². The van der Waals surface area contributed by atoms with Crippen LogP contribution in [0.15, 0.2) is 30.3 Å². The van der Waals surface area contributed by atoms with E-state index in [2.05, 4.69) is 37.4 Å². The Bertz CT molecular complexity index is 506. The molecule has 1 saturated carbocycles. The van der Waals surface area contributed by atoms with Gasteiger partial charge in [-0.15, -0.1) is 0 Å². The molecule has 2 aliphatic rings.